The molecule has 1 heterocycles. The van der Waals surface area contributed by atoms with Crippen LogP contribution in [0.5, 0.6) is 5.75 Å². The normalized spacial score (nSPS) is 12.6. The van der Waals surface area contributed by atoms with Crippen LogP contribution in [0.2, 0.25) is 0 Å². The predicted octanol–water partition coefficient (Wildman–Crippen LogP) is 1.09. The molecule has 0 saturated carbocycles. The average Bonchev–Trinajstić information content (AvgIpc) is 2.70. The molecule has 0 aliphatic carbocycles. The van der Waals surface area contributed by atoms with Gasteiger partial charge in [0.15, 0.2) is 0 Å². The van der Waals surface area contributed by atoms with Crippen molar-refractivity contribution < 1.29 is 10.2 Å². The summed E-state index contributed by atoms with van der Waals surface area (Å²) in [6.07, 6.45) is 1.10. The van der Waals surface area contributed by atoms with E-state index in [0.717, 1.165) is 5.56 Å². The minimum Gasteiger partial charge on any atom is -0.508 e. The molecule has 1 atom stereocenters. The van der Waals surface area contributed by atoms with E-state index in [1.54, 1.807) is 29.9 Å². The van der Waals surface area contributed by atoms with Crippen LogP contribution >= 0.6 is 0 Å². The molecule has 2 aromatic rings. The highest BCUT2D eigenvalue weighted by Gasteiger charge is 2.06. The first-order valence-electron chi connectivity index (χ1n) is 5.01. The van der Waals surface area contributed by atoms with Gasteiger partial charge >= 0.3 is 0 Å². The van der Waals surface area contributed by atoms with Crippen LogP contribution in [0.1, 0.15) is 24.3 Å². The number of hydrogen-bond donors (Lipinski definition) is 2. The fourth-order valence-electron chi connectivity index (χ4n) is 1.37. The second-order valence-electron chi connectivity index (χ2n) is 3.68. The summed E-state index contributed by atoms with van der Waals surface area (Å²) in [6, 6.07) is 6.89. The van der Waals surface area contributed by atoms with Crippen LogP contribution in [-0.4, -0.2) is 25.2 Å². The Kier molecular flexibility index (Phi) is 2.87. The molecule has 0 spiro atoms. The van der Waals surface area contributed by atoms with Gasteiger partial charge in [0.1, 0.15) is 11.4 Å². The summed E-state index contributed by atoms with van der Waals surface area (Å²) < 4.78 is 1.65. The van der Waals surface area contributed by atoms with E-state index in [0.29, 0.717) is 12.2 Å². The molecule has 0 radical (unpaired) electrons. The van der Waals surface area contributed by atoms with Crippen molar-refractivity contribution in [3.05, 3.63) is 41.7 Å². The number of aliphatic hydroxyl groups is 1. The molecule has 2 N–H and O–H groups in total. The fourth-order valence-corrected chi connectivity index (χ4v) is 1.37. The zero-order chi connectivity index (χ0) is 11.5. The Morgan fingerprint density at radius 3 is 2.56 bits per heavy atom. The molecule has 5 nitrogen and oxygen atoms in total. The summed E-state index contributed by atoms with van der Waals surface area (Å²) >= 11 is 0. The van der Waals surface area contributed by atoms with E-state index < -0.39 is 6.10 Å². The maximum absolute atomic E-state index is 9.29. The molecule has 84 valence electrons. The van der Waals surface area contributed by atoms with Gasteiger partial charge in [-0.05, 0) is 24.6 Å². The summed E-state index contributed by atoms with van der Waals surface area (Å²) in [7, 11) is 0. The van der Waals surface area contributed by atoms with Gasteiger partial charge in [-0.1, -0.05) is 17.3 Å². The van der Waals surface area contributed by atoms with Crippen LogP contribution in [0.3, 0.4) is 0 Å². The Labute approximate surface area is 93.0 Å². The van der Waals surface area contributed by atoms with Crippen molar-refractivity contribution in [3.8, 4) is 5.75 Å². The predicted molar refractivity (Wildman–Crippen MR) is 57.9 cm³/mol. The molecule has 0 aliphatic heterocycles. The molecule has 0 amide bonds. The Morgan fingerprint density at radius 2 is 2.00 bits per heavy atom. The van der Waals surface area contributed by atoms with Gasteiger partial charge in [-0.15, -0.1) is 5.10 Å². The van der Waals surface area contributed by atoms with Crippen molar-refractivity contribution >= 4 is 0 Å². The van der Waals surface area contributed by atoms with E-state index in [1.807, 2.05) is 12.1 Å². The van der Waals surface area contributed by atoms with Crippen LogP contribution in [0.25, 0.3) is 0 Å². The van der Waals surface area contributed by atoms with E-state index >= 15 is 0 Å². The standard InChI is InChI=1S/C11H13N3O2/c1-8(15)11-7-14(13-12-11)6-9-2-4-10(16)5-3-9/h2-5,7-8,15-16H,6H2,1H3. The zero-order valence-electron chi connectivity index (χ0n) is 8.91. The van der Waals surface area contributed by atoms with Crippen LogP contribution < -0.4 is 0 Å². The summed E-state index contributed by atoms with van der Waals surface area (Å²) in [5, 5.41) is 26.2. The molecule has 1 aromatic heterocycles. The van der Waals surface area contributed by atoms with Crippen molar-refractivity contribution in [3.63, 3.8) is 0 Å². The van der Waals surface area contributed by atoms with Crippen LogP contribution in [0, 0.1) is 0 Å². The summed E-state index contributed by atoms with van der Waals surface area (Å²) in [5.74, 6) is 0.243. The monoisotopic (exact) mass is 219 g/mol. The SMILES string of the molecule is CC(O)c1cn(Cc2ccc(O)cc2)nn1. The third-order valence-corrected chi connectivity index (χ3v) is 2.27. The first kappa shape index (κ1) is 10.6. The van der Waals surface area contributed by atoms with Crippen molar-refractivity contribution in [2.75, 3.05) is 0 Å². The lowest BCUT2D eigenvalue weighted by molar-refractivity contribution is 0.194. The number of nitrogens with zero attached hydrogens (tertiary/aromatic N) is 3. The van der Waals surface area contributed by atoms with E-state index in [2.05, 4.69) is 10.3 Å². The fraction of sp³-hybridized carbons (Fsp3) is 0.273. The lowest BCUT2D eigenvalue weighted by atomic mass is 10.2. The number of aromatic hydroxyl groups is 1. The molecular weight excluding hydrogens is 206 g/mol. The van der Waals surface area contributed by atoms with Crippen LogP contribution in [-0.2, 0) is 6.54 Å². The number of phenolic OH excluding ortho intramolecular Hbond substituents is 1. The summed E-state index contributed by atoms with van der Waals surface area (Å²) in [5.41, 5.74) is 1.57. The van der Waals surface area contributed by atoms with Gasteiger partial charge < -0.3 is 10.2 Å². The average molecular weight is 219 g/mol. The Hall–Kier alpha value is -1.88. The maximum Gasteiger partial charge on any atom is 0.115 e. The van der Waals surface area contributed by atoms with Gasteiger partial charge in [0, 0.05) is 0 Å². The topological polar surface area (TPSA) is 71.2 Å². The largest absolute Gasteiger partial charge is 0.508 e. The highest BCUT2D eigenvalue weighted by Crippen LogP contribution is 2.11. The molecule has 5 heteroatoms. The van der Waals surface area contributed by atoms with Crippen LogP contribution in [0.4, 0.5) is 0 Å². The van der Waals surface area contributed by atoms with Crippen molar-refractivity contribution in [1.29, 1.82) is 0 Å². The third-order valence-electron chi connectivity index (χ3n) is 2.27. The molecule has 16 heavy (non-hydrogen) atoms. The zero-order valence-corrected chi connectivity index (χ0v) is 8.91. The molecule has 1 aromatic carbocycles. The third kappa shape index (κ3) is 2.38. The van der Waals surface area contributed by atoms with Gasteiger partial charge in [0.05, 0.1) is 18.8 Å². The molecule has 0 aliphatic rings. The lowest BCUT2D eigenvalue weighted by Gasteiger charge is -2.00. The summed E-state index contributed by atoms with van der Waals surface area (Å²) in [4.78, 5) is 0. The minimum atomic E-state index is -0.603. The van der Waals surface area contributed by atoms with Gasteiger partial charge in [0.2, 0.25) is 0 Å². The van der Waals surface area contributed by atoms with E-state index in [9.17, 15) is 5.11 Å². The number of aliphatic hydroxyl groups excluding tert-OH is 1. The first-order valence-corrected chi connectivity index (χ1v) is 5.01. The molecule has 0 fully saturated rings. The molecule has 0 saturated heterocycles. The number of aromatic nitrogens is 3. The van der Waals surface area contributed by atoms with E-state index in [1.165, 1.54) is 0 Å². The number of hydrogen-bond acceptors (Lipinski definition) is 4. The van der Waals surface area contributed by atoms with Crippen molar-refractivity contribution in [2.24, 2.45) is 0 Å². The van der Waals surface area contributed by atoms with Crippen molar-refractivity contribution in [2.45, 2.75) is 19.6 Å². The maximum atomic E-state index is 9.29. The highest BCUT2D eigenvalue weighted by atomic mass is 16.3. The Morgan fingerprint density at radius 1 is 1.31 bits per heavy atom. The quantitative estimate of drug-likeness (QED) is 0.810. The van der Waals surface area contributed by atoms with Gasteiger partial charge in [-0.3, -0.25) is 0 Å². The molecule has 2 rings (SSSR count). The minimum absolute atomic E-state index is 0.243. The number of rotatable bonds is 3. The van der Waals surface area contributed by atoms with Gasteiger partial charge in [0.25, 0.3) is 0 Å². The van der Waals surface area contributed by atoms with E-state index in [4.69, 9.17) is 5.11 Å². The first-order chi connectivity index (χ1) is 7.65. The highest BCUT2D eigenvalue weighted by molar-refractivity contribution is 5.25. The van der Waals surface area contributed by atoms with Gasteiger partial charge in [-0.2, -0.15) is 0 Å². The number of benzene rings is 1. The molecule has 1 unspecified atom stereocenters. The lowest BCUT2D eigenvalue weighted by Crippen LogP contribution is -2.00. The second kappa shape index (κ2) is 4.32. The van der Waals surface area contributed by atoms with Gasteiger partial charge in [-0.25, -0.2) is 4.68 Å². The van der Waals surface area contributed by atoms with Crippen molar-refractivity contribution in [1.82, 2.24) is 15.0 Å². The summed E-state index contributed by atoms with van der Waals surface area (Å²) in [6.45, 7) is 2.22. The Bertz CT molecular complexity index is 462. The molecule has 0 bridgehead atoms. The second-order valence-corrected chi connectivity index (χ2v) is 3.68. The van der Waals surface area contributed by atoms with Crippen LogP contribution in [0.15, 0.2) is 30.5 Å². The van der Waals surface area contributed by atoms with E-state index in [-0.39, 0.29) is 5.75 Å². The molecular formula is C11H13N3O2. The smallest absolute Gasteiger partial charge is 0.115 e. The number of phenols is 1. The Balaban J connectivity index is 2.11.